The van der Waals surface area contributed by atoms with Gasteiger partial charge in [0.05, 0.1) is 28.2 Å². The molecule has 4 aromatic rings. The maximum atomic E-state index is 13.8. The summed E-state index contributed by atoms with van der Waals surface area (Å²) < 4.78 is 7.47. The van der Waals surface area contributed by atoms with Gasteiger partial charge in [0.1, 0.15) is 5.75 Å². The van der Waals surface area contributed by atoms with Crippen LogP contribution in [0.25, 0.3) is 16.6 Å². The normalized spacial score (nSPS) is 14.5. The molecule has 0 bridgehead atoms. The molecule has 5 rings (SSSR count). The first kappa shape index (κ1) is 23.7. The third-order valence-electron chi connectivity index (χ3n) is 6.71. The van der Waals surface area contributed by atoms with Gasteiger partial charge < -0.3 is 14.2 Å². The van der Waals surface area contributed by atoms with E-state index in [0.717, 1.165) is 58.8 Å². The highest BCUT2D eigenvalue weighted by atomic mass is 35.5. The summed E-state index contributed by atoms with van der Waals surface area (Å²) in [7, 11) is 1.66. The van der Waals surface area contributed by atoms with Gasteiger partial charge in [0, 0.05) is 49.5 Å². The van der Waals surface area contributed by atoms with Crippen molar-refractivity contribution < 1.29 is 9.53 Å². The zero-order chi connectivity index (χ0) is 24.5. The molecular formula is C28H27Cl2N3O2. The zero-order valence-corrected chi connectivity index (χ0v) is 21.3. The Labute approximate surface area is 215 Å². The number of halogens is 2. The molecule has 0 radical (unpaired) electrons. The number of piperazine rings is 1. The number of fused-ring (bicyclic) bond motifs is 1. The number of amides is 1. The van der Waals surface area contributed by atoms with Crippen molar-refractivity contribution >= 4 is 40.0 Å². The van der Waals surface area contributed by atoms with Crippen LogP contribution >= 0.6 is 23.2 Å². The molecule has 1 aromatic heterocycles. The summed E-state index contributed by atoms with van der Waals surface area (Å²) in [5.74, 6) is 0.887. The molecule has 1 amide bonds. The topological polar surface area (TPSA) is 37.7 Å². The quantitative estimate of drug-likeness (QED) is 0.322. The molecule has 1 saturated heterocycles. The number of hydrogen-bond donors (Lipinski definition) is 0. The van der Waals surface area contributed by atoms with Gasteiger partial charge in [-0.05, 0) is 55.0 Å². The van der Waals surface area contributed by atoms with Crippen molar-refractivity contribution in [1.29, 1.82) is 0 Å². The van der Waals surface area contributed by atoms with Gasteiger partial charge in [-0.15, -0.1) is 0 Å². The molecule has 1 aliphatic heterocycles. The largest absolute Gasteiger partial charge is 0.497 e. The van der Waals surface area contributed by atoms with Gasteiger partial charge in [-0.3, -0.25) is 9.69 Å². The Kier molecular flexibility index (Phi) is 6.74. The van der Waals surface area contributed by atoms with Crippen molar-refractivity contribution in [3.63, 3.8) is 0 Å². The Balaban J connectivity index is 1.37. The number of methoxy groups -OCH3 is 1. The van der Waals surface area contributed by atoms with Crippen molar-refractivity contribution in [2.45, 2.75) is 13.5 Å². The van der Waals surface area contributed by atoms with E-state index >= 15 is 0 Å². The van der Waals surface area contributed by atoms with E-state index in [-0.39, 0.29) is 5.91 Å². The number of ether oxygens (including phenoxy) is 1. The molecule has 5 nitrogen and oxygen atoms in total. The van der Waals surface area contributed by atoms with Crippen LogP contribution in [0, 0.1) is 6.92 Å². The number of nitrogens with zero attached hydrogens (tertiary/aromatic N) is 3. The van der Waals surface area contributed by atoms with Crippen LogP contribution in [0.1, 0.15) is 21.6 Å². The van der Waals surface area contributed by atoms with E-state index < -0.39 is 0 Å². The Bertz CT molecular complexity index is 1370. The zero-order valence-electron chi connectivity index (χ0n) is 19.8. The molecule has 0 atom stereocenters. The fraction of sp³-hybridized carbons (Fsp3) is 0.250. The third-order valence-corrected chi connectivity index (χ3v) is 7.44. The monoisotopic (exact) mass is 507 g/mol. The average molecular weight is 508 g/mol. The lowest BCUT2D eigenvalue weighted by Crippen LogP contribution is -2.48. The van der Waals surface area contributed by atoms with E-state index in [1.165, 1.54) is 0 Å². The molecule has 0 aliphatic carbocycles. The highest BCUT2D eigenvalue weighted by Gasteiger charge is 2.27. The highest BCUT2D eigenvalue weighted by molar-refractivity contribution is 6.42. The molecule has 35 heavy (non-hydrogen) atoms. The molecule has 0 unspecified atom stereocenters. The fourth-order valence-corrected chi connectivity index (χ4v) is 5.19. The number of carbonyl (C=O) groups is 1. The van der Waals surface area contributed by atoms with Gasteiger partial charge in [-0.1, -0.05) is 47.5 Å². The van der Waals surface area contributed by atoms with E-state index in [4.69, 9.17) is 27.9 Å². The molecular weight excluding hydrogens is 481 g/mol. The fourth-order valence-electron chi connectivity index (χ4n) is 4.86. The maximum absolute atomic E-state index is 13.8. The number of carbonyl (C=O) groups excluding carboxylic acids is 1. The van der Waals surface area contributed by atoms with Crippen LogP contribution in [0.3, 0.4) is 0 Å². The molecule has 2 heterocycles. The first-order chi connectivity index (χ1) is 17.0. The number of para-hydroxylation sites is 1. The highest BCUT2D eigenvalue weighted by Crippen LogP contribution is 2.31. The lowest BCUT2D eigenvalue weighted by molar-refractivity contribution is 0.0629. The second-order valence-corrected chi connectivity index (χ2v) is 9.64. The molecule has 3 aromatic carbocycles. The summed E-state index contributed by atoms with van der Waals surface area (Å²) in [6, 6.07) is 21.8. The van der Waals surface area contributed by atoms with E-state index in [9.17, 15) is 4.79 Å². The summed E-state index contributed by atoms with van der Waals surface area (Å²) in [6.07, 6.45) is 0. The van der Waals surface area contributed by atoms with E-state index in [1.807, 2.05) is 72.5 Å². The number of rotatable bonds is 5. The molecule has 0 spiro atoms. The first-order valence-electron chi connectivity index (χ1n) is 11.7. The van der Waals surface area contributed by atoms with Gasteiger partial charge >= 0.3 is 0 Å². The molecule has 180 valence electrons. The van der Waals surface area contributed by atoms with Crippen molar-refractivity contribution in [3.8, 4) is 11.4 Å². The number of aromatic nitrogens is 1. The molecule has 1 aliphatic rings. The van der Waals surface area contributed by atoms with Crippen LogP contribution < -0.4 is 4.74 Å². The smallest absolute Gasteiger partial charge is 0.256 e. The van der Waals surface area contributed by atoms with Crippen LogP contribution in [0.4, 0.5) is 0 Å². The predicted octanol–water partition coefficient (Wildman–Crippen LogP) is 6.21. The molecule has 1 fully saturated rings. The average Bonchev–Trinajstić information content (AvgIpc) is 3.18. The van der Waals surface area contributed by atoms with Gasteiger partial charge in [-0.2, -0.15) is 0 Å². The van der Waals surface area contributed by atoms with Crippen molar-refractivity contribution in [2.75, 3.05) is 33.3 Å². The minimum absolute atomic E-state index is 0.0835. The molecule has 7 heteroatoms. The summed E-state index contributed by atoms with van der Waals surface area (Å²) in [6.45, 7) is 5.79. The Morgan fingerprint density at radius 1 is 0.914 bits per heavy atom. The predicted molar refractivity (Wildman–Crippen MR) is 142 cm³/mol. The second kappa shape index (κ2) is 9.94. The van der Waals surface area contributed by atoms with Crippen molar-refractivity contribution in [1.82, 2.24) is 14.4 Å². The summed E-state index contributed by atoms with van der Waals surface area (Å²) in [4.78, 5) is 18.1. The Morgan fingerprint density at radius 2 is 1.63 bits per heavy atom. The lowest BCUT2D eigenvalue weighted by atomic mass is 10.1. The summed E-state index contributed by atoms with van der Waals surface area (Å²) in [5.41, 5.74) is 4.87. The standard InChI is InChI=1S/C28H27Cl2N3O2/c1-19-27(23-5-3-4-6-26(23)33(19)21-8-10-22(35-2)11-9-21)28(34)32-15-13-31(14-16-32)18-20-7-12-24(29)25(30)17-20/h3-12,17H,13-16,18H2,1-2H3. The van der Waals surface area contributed by atoms with Crippen LogP contribution in [0.5, 0.6) is 5.75 Å². The Hall–Kier alpha value is -2.99. The SMILES string of the molecule is COc1ccc(-n2c(C)c(C(=O)N3CCN(Cc4ccc(Cl)c(Cl)c4)CC3)c3ccccc32)cc1. The second-order valence-electron chi connectivity index (χ2n) is 8.83. The van der Waals surface area contributed by atoms with E-state index in [0.29, 0.717) is 23.1 Å². The first-order valence-corrected chi connectivity index (χ1v) is 12.4. The Morgan fingerprint density at radius 3 is 2.31 bits per heavy atom. The third kappa shape index (κ3) is 4.64. The summed E-state index contributed by atoms with van der Waals surface area (Å²) in [5, 5.41) is 2.11. The van der Waals surface area contributed by atoms with Crippen LogP contribution in [0.2, 0.25) is 10.0 Å². The van der Waals surface area contributed by atoms with E-state index in [2.05, 4.69) is 15.5 Å². The van der Waals surface area contributed by atoms with E-state index in [1.54, 1.807) is 7.11 Å². The molecule has 0 N–H and O–H groups in total. The van der Waals surface area contributed by atoms with Crippen LogP contribution in [-0.2, 0) is 6.54 Å². The van der Waals surface area contributed by atoms with Crippen LogP contribution in [0.15, 0.2) is 66.7 Å². The molecule has 0 saturated carbocycles. The minimum atomic E-state index is 0.0835. The minimum Gasteiger partial charge on any atom is -0.497 e. The van der Waals surface area contributed by atoms with Crippen LogP contribution in [-0.4, -0.2) is 53.6 Å². The van der Waals surface area contributed by atoms with Gasteiger partial charge in [0.25, 0.3) is 5.91 Å². The van der Waals surface area contributed by atoms with Gasteiger partial charge in [-0.25, -0.2) is 0 Å². The number of hydrogen-bond acceptors (Lipinski definition) is 3. The van der Waals surface area contributed by atoms with Crippen molar-refractivity contribution in [2.24, 2.45) is 0 Å². The maximum Gasteiger partial charge on any atom is 0.256 e. The van der Waals surface area contributed by atoms with Crippen molar-refractivity contribution in [3.05, 3.63) is 93.6 Å². The lowest BCUT2D eigenvalue weighted by Gasteiger charge is -2.35. The van der Waals surface area contributed by atoms with Gasteiger partial charge in [0.2, 0.25) is 0 Å². The number of benzene rings is 3. The summed E-state index contributed by atoms with van der Waals surface area (Å²) >= 11 is 12.2. The van der Waals surface area contributed by atoms with Gasteiger partial charge in [0.15, 0.2) is 0 Å².